The first-order valence-electron chi connectivity index (χ1n) is 7.77. The molecule has 0 aliphatic carbocycles. The first-order chi connectivity index (χ1) is 11.8. The van der Waals surface area contributed by atoms with E-state index in [0.29, 0.717) is 0 Å². The van der Waals surface area contributed by atoms with Gasteiger partial charge in [-0.05, 0) is 13.8 Å². The minimum Gasteiger partial charge on any atom is -0.391 e. The Balaban J connectivity index is 1.84. The number of fused-ring (bicyclic) bond motifs is 2. The average Bonchev–Trinajstić information content (AvgIpc) is 3.16. The number of nitrogens with one attached hydrogen (secondary N) is 1. The third kappa shape index (κ3) is 2.28. The molecule has 0 aromatic carbocycles. The number of rotatable bonds is 3. The molecule has 0 amide bonds. The minimum atomic E-state index is -0.991. The summed E-state index contributed by atoms with van der Waals surface area (Å²) in [5, 5.41) is 10.1. The van der Waals surface area contributed by atoms with Crippen molar-refractivity contribution in [3.8, 4) is 0 Å². The average molecular weight is 353 g/mol. The molecule has 0 saturated carbocycles. The number of imidazole rings is 1. The zero-order valence-corrected chi connectivity index (χ0v) is 13.9. The first kappa shape index (κ1) is 16.4. The van der Waals surface area contributed by atoms with Crippen LogP contribution in [-0.2, 0) is 18.9 Å². The summed E-state index contributed by atoms with van der Waals surface area (Å²) in [4.78, 5) is 22.6. The van der Waals surface area contributed by atoms with Gasteiger partial charge in [-0.25, -0.2) is 4.98 Å². The molecular weight excluding hydrogens is 334 g/mol. The Morgan fingerprint density at radius 1 is 1.52 bits per heavy atom. The first-order valence-corrected chi connectivity index (χ1v) is 7.77. The fourth-order valence-corrected chi connectivity index (χ4v) is 3.44. The Kier molecular flexibility index (Phi) is 3.60. The van der Waals surface area contributed by atoms with Crippen LogP contribution in [-0.4, -0.2) is 62.1 Å². The van der Waals surface area contributed by atoms with Crippen molar-refractivity contribution in [1.29, 1.82) is 0 Å². The van der Waals surface area contributed by atoms with Gasteiger partial charge in [0.05, 0.1) is 12.4 Å². The van der Waals surface area contributed by atoms with Crippen LogP contribution < -0.4 is 11.3 Å². The SMILES string of the molecule is COC1OC2C(C(C)O)OC(n3cnc4c(=O)[nH]c(N)nc43)C2(C)O1. The van der Waals surface area contributed by atoms with Gasteiger partial charge in [0.15, 0.2) is 17.4 Å². The molecule has 2 aromatic rings. The molecule has 2 aliphatic rings. The highest BCUT2D eigenvalue weighted by Gasteiger charge is 2.63. The summed E-state index contributed by atoms with van der Waals surface area (Å²) < 4.78 is 24.3. The van der Waals surface area contributed by atoms with Crippen LogP contribution in [0.4, 0.5) is 5.95 Å². The zero-order valence-electron chi connectivity index (χ0n) is 13.9. The topological polar surface area (TPSA) is 147 Å². The number of nitrogens with zero attached hydrogens (tertiary/aromatic N) is 3. The van der Waals surface area contributed by atoms with E-state index in [1.807, 2.05) is 0 Å². The fourth-order valence-electron chi connectivity index (χ4n) is 3.44. The van der Waals surface area contributed by atoms with Crippen molar-refractivity contribution in [1.82, 2.24) is 19.5 Å². The summed E-state index contributed by atoms with van der Waals surface area (Å²) in [6.07, 6.45) is -1.39. The number of aromatic amines is 1. The van der Waals surface area contributed by atoms with Gasteiger partial charge in [-0.3, -0.25) is 14.3 Å². The van der Waals surface area contributed by atoms with E-state index < -0.39 is 42.2 Å². The summed E-state index contributed by atoms with van der Waals surface area (Å²) >= 11 is 0. The lowest BCUT2D eigenvalue weighted by Crippen LogP contribution is -2.43. The van der Waals surface area contributed by atoms with E-state index in [2.05, 4.69) is 15.0 Å². The predicted octanol–water partition coefficient (Wildman–Crippen LogP) is -0.916. The summed E-state index contributed by atoms with van der Waals surface area (Å²) in [7, 11) is 1.46. The molecule has 4 rings (SSSR count). The van der Waals surface area contributed by atoms with Crippen molar-refractivity contribution in [3.63, 3.8) is 0 Å². The smallest absolute Gasteiger partial charge is 0.280 e. The Morgan fingerprint density at radius 3 is 2.96 bits per heavy atom. The van der Waals surface area contributed by atoms with Crippen LogP contribution in [0.2, 0.25) is 0 Å². The molecule has 2 aromatic heterocycles. The maximum atomic E-state index is 12.0. The summed E-state index contributed by atoms with van der Waals surface area (Å²) in [6, 6.07) is 0. The minimum absolute atomic E-state index is 0.0376. The lowest BCUT2D eigenvalue weighted by atomic mass is 9.94. The summed E-state index contributed by atoms with van der Waals surface area (Å²) in [6.45, 7) is 2.49. The Morgan fingerprint density at radius 2 is 2.28 bits per heavy atom. The van der Waals surface area contributed by atoms with Crippen molar-refractivity contribution < 1.29 is 24.1 Å². The molecule has 0 radical (unpaired) electrons. The number of aliphatic hydroxyl groups is 1. The van der Waals surface area contributed by atoms with Crippen LogP contribution in [0.1, 0.15) is 20.1 Å². The van der Waals surface area contributed by atoms with E-state index in [1.54, 1.807) is 18.4 Å². The van der Waals surface area contributed by atoms with E-state index in [0.717, 1.165) is 0 Å². The molecule has 0 bridgehead atoms. The van der Waals surface area contributed by atoms with Crippen LogP contribution in [0.3, 0.4) is 0 Å². The van der Waals surface area contributed by atoms with Crippen LogP contribution in [0, 0.1) is 0 Å². The second kappa shape index (κ2) is 5.47. The molecule has 0 spiro atoms. The van der Waals surface area contributed by atoms with Crippen molar-refractivity contribution in [2.75, 3.05) is 12.8 Å². The van der Waals surface area contributed by atoms with Gasteiger partial charge >= 0.3 is 0 Å². The lowest BCUT2D eigenvalue weighted by molar-refractivity contribution is -0.271. The highest BCUT2D eigenvalue weighted by molar-refractivity contribution is 5.70. The number of H-pyrrole nitrogens is 1. The molecule has 11 heteroatoms. The molecular formula is C14H19N5O6. The number of hydrogen-bond acceptors (Lipinski definition) is 9. The van der Waals surface area contributed by atoms with Gasteiger partial charge in [0.1, 0.15) is 17.8 Å². The van der Waals surface area contributed by atoms with Crippen LogP contribution >= 0.6 is 0 Å². The van der Waals surface area contributed by atoms with Crippen molar-refractivity contribution in [2.45, 2.75) is 50.5 Å². The second-order valence-electron chi connectivity index (χ2n) is 6.35. The second-order valence-corrected chi connectivity index (χ2v) is 6.35. The van der Waals surface area contributed by atoms with E-state index in [9.17, 15) is 9.90 Å². The van der Waals surface area contributed by atoms with Crippen molar-refractivity contribution in [3.05, 3.63) is 16.7 Å². The predicted molar refractivity (Wildman–Crippen MR) is 83.3 cm³/mol. The number of anilines is 1. The standard InChI is InChI=1S/C14H19N5O6/c1-5(20)7-8-14(2,25-13(22-3)24-8)11(23-7)19-4-16-6-9(19)17-12(15)18-10(6)21/h4-5,7-8,11,13,20H,1-3H3,(H3,15,17,18,21). The van der Waals surface area contributed by atoms with Gasteiger partial charge in [0.2, 0.25) is 5.95 Å². The molecule has 2 aliphatic heterocycles. The third-order valence-electron chi connectivity index (χ3n) is 4.62. The van der Waals surface area contributed by atoms with Gasteiger partial charge in [-0.1, -0.05) is 0 Å². The maximum absolute atomic E-state index is 12.0. The molecule has 4 heterocycles. The molecule has 6 atom stereocenters. The molecule has 25 heavy (non-hydrogen) atoms. The zero-order chi connectivity index (χ0) is 17.9. The molecule has 136 valence electrons. The van der Waals surface area contributed by atoms with Gasteiger partial charge in [-0.2, -0.15) is 4.98 Å². The van der Waals surface area contributed by atoms with Crippen LogP contribution in [0.25, 0.3) is 11.2 Å². The number of aliphatic hydroxyl groups excluding tert-OH is 1. The van der Waals surface area contributed by atoms with E-state index in [-0.39, 0.29) is 17.1 Å². The normalized spacial score (nSPS) is 36.0. The van der Waals surface area contributed by atoms with Gasteiger partial charge < -0.3 is 29.8 Å². The van der Waals surface area contributed by atoms with Gasteiger partial charge in [0.25, 0.3) is 12.0 Å². The van der Waals surface area contributed by atoms with Crippen molar-refractivity contribution >= 4 is 17.1 Å². The molecule has 6 unspecified atom stereocenters. The van der Waals surface area contributed by atoms with E-state index in [1.165, 1.54) is 13.4 Å². The van der Waals surface area contributed by atoms with Crippen LogP contribution in [0.15, 0.2) is 11.1 Å². The largest absolute Gasteiger partial charge is 0.391 e. The fraction of sp³-hybridized carbons (Fsp3) is 0.643. The summed E-state index contributed by atoms with van der Waals surface area (Å²) in [5.74, 6) is -0.0376. The number of aromatic nitrogens is 4. The molecule has 11 nitrogen and oxygen atoms in total. The number of nitrogen functional groups attached to an aromatic ring is 1. The number of ether oxygens (including phenoxy) is 4. The summed E-state index contributed by atoms with van der Waals surface area (Å²) in [5.41, 5.74) is 4.58. The Labute approximate surface area is 141 Å². The molecule has 2 saturated heterocycles. The van der Waals surface area contributed by atoms with Gasteiger partial charge in [-0.15, -0.1) is 0 Å². The molecule has 2 fully saturated rings. The Bertz CT molecular complexity index is 865. The quantitative estimate of drug-likeness (QED) is 0.637. The Hall–Kier alpha value is -2.05. The molecule has 4 N–H and O–H groups in total. The number of nitrogens with two attached hydrogens (primary N) is 1. The van der Waals surface area contributed by atoms with Gasteiger partial charge in [0, 0.05) is 7.11 Å². The van der Waals surface area contributed by atoms with Crippen LogP contribution in [0.5, 0.6) is 0 Å². The number of hydrogen-bond donors (Lipinski definition) is 3. The maximum Gasteiger partial charge on any atom is 0.280 e. The van der Waals surface area contributed by atoms with E-state index in [4.69, 9.17) is 24.7 Å². The number of methoxy groups -OCH3 is 1. The van der Waals surface area contributed by atoms with Crippen molar-refractivity contribution in [2.24, 2.45) is 0 Å². The highest BCUT2D eigenvalue weighted by Crippen LogP contribution is 2.49. The van der Waals surface area contributed by atoms with E-state index >= 15 is 0 Å². The lowest BCUT2D eigenvalue weighted by Gasteiger charge is -2.28. The third-order valence-corrected chi connectivity index (χ3v) is 4.62. The highest BCUT2D eigenvalue weighted by atomic mass is 16.9. The monoisotopic (exact) mass is 353 g/mol.